The SMILES string of the molecule is C=CC(/C=C\N=C)=C(\CN(C)C(C)C1=CC(C)=CNC1)C(=O)CC. The van der Waals surface area contributed by atoms with Crippen molar-refractivity contribution in [2.45, 2.75) is 33.2 Å². The highest BCUT2D eigenvalue weighted by atomic mass is 16.1. The normalized spacial score (nSPS) is 16.9. The number of hydrogen-bond acceptors (Lipinski definition) is 4. The van der Waals surface area contributed by atoms with Crippen LogP contribution in [0.15, 0.2) is 64.5 Å². The lowest BCUT2D eigenvalue weighted by Gasteiger charge is -2.29. The van der Waals surface area contributed by atoms with Gasteiger partial charge in [0.15, 0.2) is 5.78 Å². The molecule has 1 N–H and O–H groups in total. The van der Waals surface area contributed by atoms with Crippen LogP contribution in [0.2, 0.25) is 0 Å². The minimum atomic E-state index is 0.129. The molecule has 0 aromatic heterocycles. The minimum Gasteiger partial charge on any atom is -0.387 e. The molecule has 1 aliphatic heterocycles. The van der Waals surface area contributed by atoms with E-state index in [9.17, 15) is 4.79 Å². The van der Waals surface area contributed by atoms with E-state index in [1.165, 1.54) is 11.1 Å². The molecule has 0 saturated heterocycles. The Hall–Kier alpha value is -2.20. The molecule has 0 spiro atoms. The maximum atomic E-state index is 12.4. The van der Waals surface area contributed by atoms with Crippen LogP contribution in [0.1, 0.15) is 27.2 Å². The number of carbonyl (C=O) groups excluding carboxylic acids is 1. The van der Waals surface area contributed by atoms with Crippen molar-refractivity contribution in [2.24, 2.45) is 4.99 Å². The Morgan fingerprint density at radius 3 is 2.79 bits per heavy atom. The Morgan fingerprint density at radius 1 is 1.54 bits per heavy atom. The minimum absolute atomic E-state index is 0.129. The van der Waals surface area contributed by atoms with E-state index < -0.39 is 0 Å². The standard InChI is InChI=1S/C20H29N3O/c1-7-17(9-10-21-5)19(20(24)8-2)14-23(6)16(4)18-11-15(3)12-22-13-18/h7,9-12,16,22H,1,5,8,13-14H2,2-4,6H3/b10-9-,19-17-. The Bertz CT molecular complexity index is 608. The quantitative estimate of drug-likeness (QED) is 0.401. The predicted molar refractivity (Wildman–Crippen MR) is 103 cm³/mol. The largest absolute Gasteiger partial charge is 0.387 e. The maximum Gasteiger partial charge on any atom is 0.160 e. The highest BCUT2D eigenvalue weighted by Crippen LogP contribution is 2.18. The monoisotopic (exact) mass is 327 g/mol. The number of nitrogens with one attached hydrogen (secondary N) is 1. The molecule has 130 valence electrons. The number of carbonyl (C=O) groups is 1. The molecule has 0 bridgehead atoms. The number of likely N-dealkylation sites (N-methyl/N-ethyl adjacent to an activating group) is 1. The van der Waals surface area contributed by atoms with Crippen molar-refractivity contribution in [2.75, 3.05) is 20.1 Å². The maximum absolute atomic E-state index is 12.4. The molecular weight excluding hydrogens is 298 g/mol. The number of nitrogens with zero attached hydrogens (tertiary/aromatic N) is 2. The van der Waals surface area contributed by atoms with E-state index in [2.05, 4.69) is 48.4 Å². The van der Waals surface area contributed by atoms with Gasteiger partial charge in [-0.1, -0.05) is 25.7 Å². The van der Waals surface area contributed by atoms with E-state index in [0.29, 0.717) is 13.0 Å². The number of aliphatic imine (C=N–C) groups is 1. The topological polar surface area (TPSA) is 44.7 Å². The van der Waals surface area contributed by atoms with Gasteiger partial charge in [0.25, 0.3) is 0 Å². The molecule has 0 saturated carbocycles. The van der Waals surface area contributed by atoms with E-state index in [4.69, 9.17) is 0 Å². The third kappa shape index (κ3) is 5.46. The smallest absolute Gasteiger partial charge is 0.160 e. The van der Waals surface area contributed by atoms with Crippen LogP contribution in [0, 0.1) is 0 Å². The van der Waals surface area contributed by atoms with Crippen molar-refractivity contribution in [1.82, 2.24) is 10.2 Å². The second kappa shape index (κ2) is 9.83. The third-order valence-electron chi connectivity index (χ3n) is 4.24. The number of ketones is 1. The van der Waals surface area contributed by atoms with Crippen LogP contribution >= 0.6 is 0 Å². The summed E-state index contributed by atoms with van der Waals surface area (Å²) in [5, 5.41) is 3.29. The highest BCUT2D eigenvalue weighted by molar-refractivity contribution is 5.97. The number of allylic oxidation sites excluding steroid dienone is 5. The molecule has 4 heteroatoms. The fraction of sp³-hybridized carbons (Fsp3) is 0.400. The number of dihydropyridines is 1. The fourth-order valence-corrected chi connectivity index (χ4v) is 2.63. The molecule has 0 amide bonds. The zero-order valence-corrected chi connectivity index (χ0v) is 15.3. The first kappa shape index (κ1) is 19.8. The molecule has 4 nitrogen and oxygen atoms in total. The van der Waals surface area contributed by atoms with Crippen molar-refractivity contribution in [1.29, 1.82) is 0 Å². The van der Waals surface area contributed by atoms with Gasteiger partial charge in [-0.2, -0.15) is 0 Å². The van der Waals surface area contributed by atoms with Crippen molar-refractivity contribution >= 4 is 12.5 Å². The molecule has 1 unspecified atom stereocenters. The molecule has 1 rings (SSSR count). The van der Waals surface area contributed by atoms with Crippen LogP contribution < -0.4 is 5.32 Å². The second-order valence-corrected chi connectivity index (χ2v) is 5.99. The van der Waals surface area contributed by atoms with Crippen LogP contribution in [-0.2, 0) is 4.79 Å². The molecule has 1 atom stereocenters. The Balaban J connectivity index is 3.05. The van der Waals surface area contributed by atoms with E-state index >= 15 is 0 Å². The summed E-state index contributed by atoms with van der Waals surface area (Å²) in [6, 6.07) is 0.230. The lowest BCUT2D eigenvalue weighted by Crippen LogP contribution is -2.37. The first-order valence-electron chi connectivity index (χ1n) is 8.26. The van der Waals surface area contributed by atoms with Crippen molar-refractivity contribution < 1.29 is 4.79 Å². The molecule has 0 aromatic rings. The van der Waals surface area contributed by atoms with E-state index in [0.717, 1.165) is 17.7 Å². The predicted octanol–water partition coefficient (Wildman–Crippen LogP) is 3.42. The molecule has 1 heterocycles. The second-order valence-electron chi connectivity index (χ2n) is 5.99. The summed E-state index contributed by atoms with van der Waals surface area (Å²) in [5.41, 5.74) is 4.09. The van der Waals surface area contributed by atoms with Crippen LogP contribution in [0.5, 0.6) is 0 Å². The van der Waals surface area contributed by atoms with Gasteiger partial charge >= 0.3 is 0 Å². The summed E-state index contributed by atoms with van der Waals surface area (Å²) in [7, 11) is 2.04. The van der Waals surface area contributed by atoms with Gasteiger partial charge in [0, 0.05) is 37.3 Å². The summed E-state index contributed by atoms with van der Waals surface area (Å²) < 4.78 is 0. The van der Waals surface area contributed by atoms with Gasteiger partial charge < -0.3 is 5.32 Å². The van der Waals surface area contributed by atoms with Crippen molar-refractivity contribution in [3.05, 3.63) is 59.5 Å². The molecule has 24 heavy (non-hydrogen) atoms. The average Bonchev–Trinajstić information content (AvgIpc) is 2.59. The lowest BCUT2D eigenvalue weighted by molar-refractivity contribution is -0.115. The summed E-state index contributed by atoms with van der Waals surface area (Å²) in [6.45, 7) is 14.8. The average molecular weight is 327 g/mol. The Kier molecular flexibility index (Phi) is 8.13. The molecule has 0 aromatic carbocycles. The van der Waals surface area contributed by atoms with Crippen molar-refractivity contribution in [3.8, 4) is 0 Å². The van der Waals surface area contributed by atoms with Crippen molar-refractivity contribution in [3.63, 3.8) is 0 Å². The van der Waals surface area contributed by atoms with Gasteiger partial charge in [0.05, 0.1) is 0 Å². The summed E-state index contributed by atoms with van der Waals surface area (Å²) in [6.07, 6.45) is 9.78. The summed E-state index contributed by atoms with van der Waals surface area (Å²) in [4.78, 5) is 18.3. The number of Topliss-reactive ketones (excluding diaryl/α,β-unsaturated/α-hetero) is 1. The number of hydrogen-bond donors (Lipinski definition) is 1. The van der Waals surface area contributed by atoms with Gasteiger partial charge in [0.1, 0.15) is 0 Å². The van der Waals surface area contributed by atoms with E-state index in [-0.39, 0.29) is 11.8 Å². The van der Waals surface area contributed by atoms with Gasteiger partial charge in [-0.25, -0.2) is 0 Å². The van der Waals surface area contributed by atoms with Crippen LogP contribution in [0.25, 0.3) is 0 Å². The first-order chi connectivity index (χ1) is 11.4. The Labute approximate surface area is 146 Å². The fourth-order valence-electron chi connectivity index (χ4n) is 2.63. The zero-order valence-electron chi connectivity index (χ0n) is 15.3. The van der Waals surface area contributed by atoms with Gasteiger partial charge in [-0.15, -0.1) is 0 Å². The zero-order chi connectivity index (χ0) is 18.1. The Morgan fingerprint density at radius 2 is 2.25 bits per heavy atom. The van der Waals surface area contributed by atoms with Gasteiger partial charge in [0.2, 0.25) is 0 Å². The highest BCUT2D eigenvalue weighted by Gasteiger charge is 2.20. The van der Waals surface area contributed by atoms with E-state index in [1.807, 2.05) is 20.2 Å². The molecule has 0 aliphatic carbocycles. The van der Waals surface area contributed by atoms with Gasteiger partial charge in [-0.3, -0.25) is 14.7 Å². The molecule has 0 fully saturated rings. The molecule has 1 aliphatic rings. The van der Waals surface area contributed by atoms with Gasteiger partial charge in [-0.05, 0) is 56.6 Å². The number of rotatable bonds is 9. The van der Waals surface area contributed by atoms with Crippen LogP contribution in [0.4, 0.5) is 0 Å². The summed E-state index contributed by atoms with van der Waals surface area (Å²) in [5.74, 6) is 0.129. The molecule has 0 radical (unpaired) electrons. The summed E-state index contributed by atoms with van der Waals surface area (Å²) >= 11 is 0. The first-order valence-corrected chi connectivity index (χ1v) is 8.26. The third-order valence-corrected chi connectivity index (χ3v) is 4.24. The molecular formula is C20H29N3O. The van der Waals surface area contributed by atoms with E-state index in [1.54, 1.807) is 18.4 Å². The van der Waals surface area contributed by atoms with Crippen LogP contribution in [-0.4, -0.2) is 43.6 Å². The van der Waals surface area contributed by atoms with Crippen LogP contribution in [0.3, 0.4) is 0 Å². The lowest BCUT2D eigenvalue weighted by atomic mass is 9.98.